The monoisotopic (exact) mass is 466 g/mol. The van der Waals surface area contributed by atoms with E-state index in [-0.39, 0.29) is 22.6 Å². The maximum Gasteiger partial charge on any atom is 0.242 e. The third kappa shape index (κ3) is 6.46. The van der Waals surface area contributed by atoms with Gasteiger partial charge in [0.25, 0.3) is 0 Å². The maximum atomic E-state index is 12.8. The Kier molecular flexibility index (Phi) is 8.80. The van der Waals surface area contributed by atoms with Crippen molar-refractivity contribution in [3.8, 4) is 0 Å². The Morgan fingerprint density at radius 1 is 1.19 bits per heavy atom. The van der Waals surface area contributed by atoms with E-state index in [1.54, 1.807) is 18.2 Å². The molecule has 9 heteroatoms. The fraction of sp³-hybridized carbons (Fsp3) is 0.682. The lowest BCUT2D eigenvalue weighted by Crippen LogP contribution is -2.37. The summed E-state index contributed by atoms with van der Waals surface area (Å²) in [5.74, 6) is 1.02. The number of benzene rings is 1. The van der Waals surface area contributed by atoms with Crippen LogP contribution in [0.2, 0.25) is 0 Å². The van der Waals surface area contributed by atoms with Crippen LogP contribution in [-0.4, -0.2) is 36.2 Å². The lowest BCUT2D eigenvalue weighted by atomic mass is 9.81. The van der Waals surface area contributed by atoms with Gasteiger partial charge in [-0.1, -0.05) is 39.2 Å². The summed E-state index contributed by atoms with van der Waals surface area (Å²) in [5.41, 5.74) is 1.02. The molecule has 1 fully saturated rings. The van der Waals surface area contributed by atoms with Crippen LogP contribution in [-0.2, 0) is 14.8 Å². The second-order valence-corrected chi connectivity index (χ2v) is 10.9. The number of sulfonamides is 1. The molecule has 0 radical (unpaired) electrons. The van der Waals surface area contributed by atoms with Crippen molar-refractivity contribution in [2.45, 2.75) is 70.1 Å². The van der Waals surface area contributed by atoms with Crippen LogP contribution in [0.25, 0.3) is 11.0 Å². The van der Waals surface area contributed by atoms with E-state index in [2.05, 4.69) is 32.6 Å². The summed E-state index contributed by atoms with van der Waals surface area (Å²) in [5, 5.41) is 3.16. The van der Waals surface area contributed by atoms with E-state index in [0.717, 1.165) is 50.4 Å². The van der Waals surface area contributed by atoms with E-state index in [9.17, 15) is 13.2 Å². The summed E-state index contributed by atoms with van der Waals surface area (Å²) < 4.78 is 36.5. The number of unbranched alkanes of at least 4 members (excludes halogenated alkanes) is 1. The fourth-order valence-electron chi connectivity index (χ4n) is 4.26. The van der Waals surface area contributed by atoms with Crippen molar-refractivity contribution in [2.24, 2.45) is 17.8 Å². The van der Waals surface area contributed by atoms with Crippen molar-refractivity contribution in [1.82, 2.24) is 18.8 Å². The lowest BCUT2D eigenvalue weighted by molar-refractivity contribution is -0.126. The van der Waals surface area contributed by atoms with E-state index >= 15 is 0 Å². The molecule has 3 rings (SSSR count). The van der Waals surface area contributed by atoms with E-state index in [4.69, 9.17) is 0 Å². The minimum atomic E-state index is -3.64. The molecule has 2 aromatic rings. The van der Waals surface area contributed by atoms with Gasteiger partial charge < -0.3 is 5.32 Å². The Morgan fingerprint density at radius 2 is 1.97 bits per heavy atom. The first-order valence-electron chi connectivity index (χ1n) is 11.4. The SMILES string of the molecule is CCCC[C@@H](CC)CNC(=O)C1CCC(CNS(=O)(=O)c2cccc3nsnc23)CC1. The molecule has 1 aliphatic carbocycles. The highest BCUT2D eigenvalue weighted by Gasteiger charge is 2.28. The van der Waals surface area contributed by atoms with Gasteiger partial charge in [0, 0.05) is 19.0 Å². The first-order chi connectivity index (χ1) is 14.9. The van der Waals surface area contributed by atoms with Crippen LogP contribution in [0.15, 0.2) is 23.1 Å². The molecule has 172 valence electrons. The standard InChI is InChI=1S/C22H34N4O3S2/c1-3-5-7-16(4-2)14-23-22(27)18-12-10-17(11-13-18)15-24-31(28,29)20-9-6-8-19-21(20)26-30-25-19/h6,8-9,16-18,24H,3-5,7,10-15H2,1-2H3,(H,23,27)/t16-,17?,18?/m1/s1. The molecule has 7 nitrogen and oxygen atoms in total. The highest BCUT2D eigenvalue weighted by Crippen LogP contribution is 2.29. The summed E-state index contributed by atoms with van der Waals surface area (Å²) in [6.07, 6.45) is 8.01. The largest absolute Gasteiger partial charge is 0.356 e. The van der Waals surface area contributed by atoms with E-state index in [1.165, 1.54) is 19.3 Å². The average molecular weight is 467 g/mol. The van der Waals surface area contributed by atoms with E-state index in [0.29, 0.717) is 23.5 Å². The van der Waals surface area contributed by atoms with Crippen molar-refractivity contribution in [2.75, 3.05) is 13.1 Å². The number of rotatable bonds is 11. The van der Waals surface area contributed by atoms with Gasteiger partial charge in [-0.25, -0.2) is 13.1 Å². The molecule has 0 bridgehead atoms. The number of hydrogen-bond acceptors (Lipinski definition) is 6. The van der Waals surface area contributed by atoms with E-state index in [1.807, 2.05) is 0 Å². The zero-order valence-corrected chi connectivity index (χ0v) is 20.1. The number of fused-ring (bicyclic) bond motifs is 1. The average Bonchev–Trinajstić information content (AvgIpc) is 3.27. The number of carbonyl (C=O) groups excluding carboxylic acids is 1. The zero-order valence-electron chi connectivity index (χ0n) is 18.5. The predicted molar refractivity (Wildman–Crippen MR) is 124 cm³/mol. The molecule has 1 heterocycles. The van der Waals surface area contributed by atoms with Crippen molar-refractivity contribution < 1.29 is 13.2 Å². The lowest BCUT2D eigenvalue weighted by Gasteiger charge is -2.28. The number of amides is 1. The van der Waals surface area contributed by atoms with Crippen molar-refractivity contribution in [1.29, 1.82) is 0 Å². The molecule has 2 N–H and O–H groups in total. The van der Waals surface area contributed by atoms with Gasteiger partial charge in [-0.05, 0) is 56.1 Å². The van der Waals surface area contributed by atoms with Crippen LogP contribution in [0.4, 0.5) is 0 Å². The molecular weight excluding hydrogens is 432 g/mol. The highest BCUT2D eigenvalue weighted by molar-refractivity contribution is 7.89. The van der Waals surface area contributed by atoms with Crippen molar-refractivity contribution in [3.05, 3.63) is 18.2 Å². The first-order valence-corrected chi connectivity index (χ1v) is 13.6. The van der Waals surface area contributed by atoms with Crippen LogP contribution >= 0.6 is 11.7 Å². The molecule has 1 aliphatic rings. The summed E-state index contributed by atoms with van der Waals surface area (Å²) in [6.45, 7) is 5.54. The summed E-state index contributed by atoms with van der Waals surface area (Å²) in [4.78, 5) is 12.7. The van der Waals surface area contributed by atoms with Gasteiger partial charge in [-0.15, -0.1) is 0 Å². The molecule has 1 amide bonds. The second-order valence-electron chi connectivity index (χ2n) is 8.62. The smallest absolute Gasteiger partial charge is 0.242 e. The molecule has 1 atom stereocenters. The fourth-order valence-corrected chi connectivity index (χ4v) is 6.15. The number of nitrogens with one attached hydrogen (secondary N) is 2. The third-order valence-corrected chi connectivity index (χ3v) is 8.42. The molecule has 0 saturated heterocycles. The Hall–Kier alpha value is -1.58. The first kappa shape index (κ1) is 24.1. The van der Waals surface area contributed by atoms with Gasteiger partial charge in [-0.2, -0.15) is 8.75 Å². The number of nitrogens with zero attached hydrogens (tertiary/aromatic N) is 2. The van der Waals surface area contributed by atoms with Gasteiger partial charge in [0.15, 0.2) is 0 Å². The third-order valence-electron chi connectivity index (χ3n) is 6.43. The topological polar surface area (TPSA) is 101 Å². The predicted octanol–water partition coefficient (Wildman–Crippen LogP) is 4.11. The molecular formula is C22H34N4O3S2. The van der Waals surface area contributed by atoms with E-state index < -0.39 is 10.0 Å². The Labute approximate surface area is 189 Å². The minimum absolute atomic E-state index is 0.0476. The van der Waals surface area contributed by atoms with Gasteiger partial charge in [-0.3, -0.25) is 4.79 Å². The molecule has 31 heavy (non-hydrogen) atoms. The number of aromatic nitrogens is 2. The minimum Gasteiger partial charge on any atom is -0.356 e. The molecule has 1 aromatic heterocycles. The molecule has 0 aliphatic heterocycles. The Morgan fingerprint density at radius 3 is 2.68 bits per heavy atom. The number of hydrogen-bond donors (Lipinski definition) is 2. The Bertz CT molecular complexity index is 953. The highest BCUT2D eigenvalue weighted by atomic mass is 32.2. The summed E-state index contributed by atoms with van der Waals surface area (Å²) in [6, 6.07) is 5.02. The molecule has 1 aromatic carbocycles. The quantitative estimate of drug-likeness (QED) is 0.519. The van der Waals surface area contributed by atoms with Crippen LogP contribution in [0, 0.1) is 17.8 Å². The molecule has 0 spiro atoms. The van der Waals surface area contributed by atoms with Crippen LogP contribution < -0.4 is 10.0 Å². The van der Waals surface area contributed by atoms with Gasteiger partial charge >= 0.3 is 0 Å². The van der Waals surface area contributed by atoms with Gasteiger partial charge in [0.05, 0.1) is 11.7 Å². The van der Waals surface area contributed by atoms with Crippen molar-refractivity contribution >= 4 is 38.7 Å². The van der Waals surface area contributed by atoms with Crippen LogP contribution in [0.5, 0.6) is 0 Å². The van der Waals surface area contributed by atoms with Crippen LogP contribution in [0.3, 0.4) is 0 Å². The summed E-state index contributed by atoms with van der Waals surface area (Å²) in [7, 11) is -3.64. The normalized spacial score (nSPS) is 20.6. The summed E-state index contributed by atoms with van der Waals surface area (Å²) >= 11 is 1.01. The van der Waals surface area contributed by atoms with Crippen molar-refractivity contribution in [3.63, 3.8) is 0 Å². The maximum absolute atomic E-state index is 12.8. The van der Waals surface area contributed by atoms with Gasteiger partial charge in [0.1, 0.15) is 15.9 Å². The Balaban J connectivity index is 1.45. The zero-order chi connectivity index (χ0) is 22.3. The molecule has 0 unspecified atom stereocenters. The van der Waals surface area contributed by atoms with Crippen LogP contribution in [0.1, 0.15) is 65.2 Å². The molecule has 1 saturated carbocycles. The van der Waals surface area contributed by atoms with Gasteiger partial charge in [0.2, 0.25) is 15.9 Å². The number of carbonyl (C=O) groups is 1. The second kappa shape index (κ2) is 11.3.